The number of pyridine rings is 1. The molecule has 1 aromatic carbocycles. The van der Waals surface area contributed by atoms with Crippen molar-refractivity contribution in [3.63, 3.8) is 0 Å². The minimum atomic E-state index is -0.192. The Bertz CT molecular complexity index is 734. The van der Waals surface area contributed by atoms with E-state index in [1.807, 2.05) is 12.1 Å². The van der Waals surface area contributed by atoms with E-state index in [1.165, 1.54) is 0 Å². The largest absolute Gasteiger partial charge is 0.507 e. The van der Waals surface area contributed by atoms with Gasteiger partial charge in [0.15, 0.2) is 6.29 Å². The van der Waals surface area contributed by atoms with E-state index in [9.17, 15) is 9.90 Å². The Morgan fingerprint density at radius 1 is 1.00 bits per heavy atom. The first-order chi connectivity index (χ1) is 10.5. The van der Waals surface area contributed by atoms with E-state index in [4.69, 9.17) is 0 Å². The van der Waals surface area contributed by atoms with Crippen molar-refractivity contribution < 1.29 is 9.90 Å². The van der Waals surface area contributed by atoms with E-state index < -0.39 is 0 Å². The lowest BCUT2D eigenvalue weighted by Gasteiger charge is -2.27. The Hall–Kier alpha value is -2.16. The molecule has 23 heavy (non-hydrogen) atoms. The van der Waals surface area contributed by atoms with Gasteiger partial charge < -0.3 is 5.11 Å². The van der Waals surface area contributed by atoms with Crippen molar-refractivity contribution in [2.24, 2.45) is 0 Å². The second kappa shape index (κ2) is 5.80. The fourth-order valence-electron chi connectivity index (χ4n) is 2.50. The summed E-state index contributed by atoms with van der Waals surface area (Å²) in [5.41, 5.74) is 3.43. The molecular formula is C20H25NO2. The fraction of sp³-hybridized carbons (Fsp3) is 0.400. The Morgan fingerprint density at radius 3 is 2.17 bits per heavy atom. The standard InChI is InChI=1S/C20H25NO2/c1-19(2,3)13-10-15(17-9-7-8-14(12-22)21-17)18(23)16(11-13)20(4,5)6/h7-12,23H,1-6H3. The highest BCUT2D eigenvalue weighted by molar-refractivity contribution is 5.76. The Labute approximate surface area is 138 Å². The summed E-state index contributed by atoms with van der Waals surface area (Å²) in [6, 6.07) is 9.31. The molecule has 1 aromatic heterocycles. The molecule has 0 saturated heterocycles. The third kappa shape index (κ3) is 3.61. The average Bonchev–Trinajstić information content (AvgIpc) is 2.45. The molecule has 0 bridgehead atoms. The van der Waals surface area contributed by atoms with Gasteiger partial charge in [-0.25, -0.2) is 4.98 Å². The molecule has 0 radical (unpaired) electrons. The SMILES string of the molecule is CC(C)(C)c1cc(-c2cccc(C=O)n2)c(O)c(C(C)(C)C)c1. The molecule has 0 aliphatic heterocycles. The molecule has 0 amide bonds. The third-order valence-corrected chi connectivity index (χ3v) is 3.95. The number of phenolic OH excluding ortho intramolecular Hbond substituents is 1. The van der Waals surface area contributed by atoms with Crippen LogP contribution < -0.4 is 0 Å². The number of rotatable bonds is 2. The van der Waals surface area contributed by atoms with Crippen LogP contribution in [0.25, 0.3) is 11.3 Å². The number of carbonyl (C=O) groups excluding carboxylic acids is 1. The molecule has 0 fully saturated rings. The molecule has 3 heteroatoms. The molecule has 122 valence electrons. The molecule has 0 atom stereocenters. The second-order valence-corrected chi connectivity index (χ2v) is 7.99. The molecule has 1 N–H and O–H groups in total. The second-order valence-electron chi connectivity index (χ2n) is 7.99. The number of aromatic hydroxyl groups is 1. The summed E-state index contributed by atoms with van der Waals surface area (Å²) in [5.74, 6) is 0.237. The van der Waals surface area contributed by atoms with Crippen LogP contribution in [0.4, 0.5) is 0 Å². The predicted molar refractivity (Wildman–Crippen MR) is 94.1 cm³/mol. The van der Waals surface area contributed by atoms with Crippen molar-refractivity contribution in [3.05, 3.63) is 47.2 Å². The van der Waals surface area contributed by atoms with Crippen molar-refractivity contribution >= 4 is 6.29 Å². The van der Waals surface area contributed by atoms with Crippen LogP contribution in [0.15, 0.2) is 30.3 Å². The van der Waals surface area contributed by atoms with Gasteiger partial charge in [-0.2, -0.15) is 0 Å². The zero-order valence-electron chi connectivity index (χ0n) is 14.8. The van der Waals surface area contributed by atoms with E-state index in [1.54, 1.807) is 12.1 Å². The quantitative estimate of drug-likeness (QED) is 0.806. The van der Waals surface area contributed by atoms with Gasteiger partial charge in [0.25, 0.3) is 0 Å². The van der Waals surface area contributed by atoms with Crippen LogP contribution in [0.2, 0.25) is 0 Å². The van der Waals surface area contributed by atoms with E-state index >= 15 is 0 Å². The van der Waals surface area contributed by atoms with Gasteiger partial charge in [-0.15, -0.1) is 0 Å². The zero-order valence-corrected chi connectivity index (χ0v) is 14.8. The first-order valence-corrected chi connectivity index (χ1v) is 7.84. The Kier molecular flexibility index (Phi) is 4.34. The normalized spacial score (nSPS) is 12.3. The van der Waals surface area contributed by atoms with Gasteiger partial charge in [-0.3, -0.25) is 4.79 Å². The molecule has 2 aromatic rings. The van der Waals surface area contributed by atoms with Crippen LogP contribution in [0.3, 0.4) is 0 Å². The van der Waals surface area contributed by atoms with E-state index in [-0.39, 0.29) is 16.6 Å². The summed E-state index contributed by atoms with van der Waals surface area (Å²) in [6.07, 6.45) is 0.721. The minimum absolute atomic E-state index is 0.0509. The smallest absolute Gasteiger partial charge is 0.168 e. The molecule has 0 aliphatic carbocycles. The van der Waals surface area contributed by atoms with Gasteiger partial charge in [0.05, 0.1) is 5.69 Å². The summed E-state index contributed by atoms with van der Waals surface area (Å²) >= 11 is 0. The average molecular weight is 311 g/mol. The number of nitrogens with zero attached hydrogens (tertiary/aromatic N) is 1. The van der Waals surface area contributed by atoms with Crippen molar-refractivity contribution in [3.8, 4) is 17.0 Å². The number of benzene rings is 1. The number of aldehydes is 1. The van der Waals surface area contributed by atoms with Gasteiger partial charge in [0.1, 0.15) is 11.4 Å². The topological polar surface area (TPSA) is 50.2 Å². The molecule has 0 saturated carbocycles. The fourth-order valence-corrected chi connectivity index (χ4v) is 2.50. The summed E-state index contributed by atoms with van der Waals surface area (Å²) < 4.78 is 0. The lowest BCUT2D eigenvalue weighted by molar-refractivity contribution is 0.111. The summed E-state index contributed by atoms with van der Waals surface area (Å²) in [4.78, 5) is 15.3. The summed E-state index contributed by atoms with van der Waals surface area (Å²) in [5, 5.41) is 10.8. The van der Waals surface area contributed by atoms with Crippen LogP contribution in [-0.2, 0) is 10.8 Å². The minimum Gasteiger partial charge on any atom is -0.507 e. The van der Waals surface area contributed by atoms with Crippen LogP contribution in [-0.4, -0.2) is 16.4 Å². The molecule has 2 rings (SSSR count). The van der Waals surface area contributed by atoms with Gasteiger partial charge in [0.2, 0.25) is 0 Å². The summed E-state index contributed by atoms with van der Waals surface area (Å²) in [6.45, 7) is 12.7. The van der Waals surface area contributed by atoms with Crippen molar-refractivity contribution in [2.45, 2.75) is 52.4 Å². The predicted octanol–water partition coefficient (Wildman–Crippen LogP) is 4.86. The van der Waals surface area contributed by atoms with Crippen LogP contribution in [0.5, 0.6) is 5.75 Å². The number of hydrogen-bond donors (Lipinski definition) is 1. The van der Waals surface area contributed by atoms with E-state index in [2.05, 4.69) is 52.6 Å². The molecule has 3 nitrogen and oxygen atoms in total. The van der Waals surface area contributed by atoms with Crippen molar-refractivity contribution in [1.82, 2.24) is 4.98 Å². The Balaban J connectivity index is 2.78. The molecule has 0 aliphatic rings. The number of carbonyl (C=O) groups is 1. The lowest BCUT2D eigenvalue weighted by Crippen LogP contribution is -2.17. The maximum atomic E-state index is 11.0. The third-order valence-electron chi connectivity index (χ3n) is 3.95. The van der Waals surface area contributed by atoms with Gasteiger partial charge in [-0.1, -0.05) is 53.7 Å². The molecular weight excluding hydrogens is 286 g/mol. The number of hydrogen-bond acceptors (Lipinski definition) is 3. The highest BCUT2D eigenvalue weighted by Gasteiger charge is 2.25. The molecule has 1 heterocycles. The highest BCUT2D eigenvalue weighted by Crippen LogP contribution is 2.41. The van der Waals surface area contributed by atoms with Crippen LogP contribution in [0, 0.1) is 0 Å². The highest BCUT2D eigenvalue weighted by atomic mass is 16.3. The number of aromatic nitrogens is 1. The molecule has 0 unspecified atom stereocenters. The van der Waals surface area contributed by atoms with Crippen LogP contribution in [0.1, 0.15) is 63.2 Å². The van der Waals surface area contributed by atoms with Crippen molar-refractivity contribution in [1.29, 1.82) is 0 Å². The maximum absolute atomic E-state index is 11.0. The Morgan fingerprint density at radius 2 is 1.65 bits per heavy atom. The maximum Gasteiger partial charge on any atom is 0.168 e. The summed E-state index contributed by atoms with van der Waals surface area (Å²) in [7, 11) is 0. The van der Waals surface area contributed by atoms with Crippen LogP contribution >= 0.6 is 0 Å². The monoisotopic (exact) mass is 311 g/mol. The zero-order chi connectivity index (χ0) is 17.4. The first-order valence-electron chi connectivity index (χ1n) is 7.84. The van der Waals surface area contributed by atoms with E-state index in [0.29, 0.717) is 17.0 Å². The van der Waals surface area contributed by atoms with E-state index in [0.717, 1.165) is 17.4 Å². The van der Waals surface area contributed by atoms with Gasteiger partial charge in [-0.05, 0) is 34.6 Å². The van der Waals surface area contributed by atoms with Crippen molar-refractivity contribution in [2.75, 3.05) is 0 Å². The van der Waals surface area contributed by atoms with Gasteiger partial charge >= 0.3 is 0 Å². The van der Waals surface area contributed by atoms with Gasteiger partial charge in [0, 0.05) is 11.1 Å². The number of phenols is 1. The molecule has 0 spiro atoms. The lowest BCUT2D eigenvalue weighted by atomic mass is 9.78. The first kappa shape index (κ1) is 17.2.